The normalized spacial score (nSPS) is 11.4. The van der Waals surface area contributed by atoms with Gasteiger partial charge in [-0.2, -0.15) is 0 Å². The molecule has 8 aromatic carbocycles. The van der Waals surface area contributed by atoms with Crippen LogP contribution in [0.2, 0.25) is 0 Å². The Bertz CT molecular complexity index is 6360. The Morgan fingerprint density at radius 2 is 0.758 bits per heavy atom. The highest BCUT2D eigenvalue weighted by Gasteiger charge is 2.24. The molecular formula is C85H59F8N9O18S8. The molecule has 0 bridgehead atoms. The third kappa shape index (κ3) is 26.9. The molecule has 6 aromatic heterocycles. The molecule has 0 amide bonds. The molecule has 16 rings (SSSR count). The van der Waals surface area contributed by atoms with Crippen molar-refractivity contribution in [3.8, 4) is 67.6 Å². The lowest BCUT2D eigenvalue weighted by molar-refractivity contribution is 0.0685. The zero-order valence-corrected chi connectivity index (χ0v) is 71.1. The number of hydrogen-bond acceptors (Lipinski definition) is 20. The zero-order valence-electron chi connectivity index (χ0n) is 64.2. The summed E-state index contributed by atoms with van der Waals surface area (Å²) < 4.78 is 115. The summed E-state index contributed by atoms with van der Waals surface area (Å²) in [5, 5.41) is 77.9. The van der Waals surface area contributed by atoms with Crippen molar-refractivity contribution in [2.24, 2.45) is 4.99 Å². The van der Waals surface area contributed by atoms with Crippen LogP contribution in [0.3, 0.4) is 0 Å². The number of carboxylic acids is 8. The first-order valence-corrected chi connectivity index (χ1v) is 39.0. The van der Waals surface area contributed by atoms with Crippen molar-refractivity contribution in [1.29, 1.82) is 0 Å². The molecule has 43 heteroatoms. The number of thiol groups is 5. The van der Waals surface area contributed by atoms with E-state index in [1.807, 2.05) is 0 Å². The Hall–Kier alpha value is -14.3. The second-order valence-electron chi connectivity index (χ2n) is 25.8. The predicted octanol–water partition coefficient (Wildman–Crippen LogP) is 21.7. The van der Waals surface area contributed by atoms with E-state index in [1.54, 1.807) is 36.7 Å². The van der Waals surface area contributed by atoms with Gasteiger partial charge in [-0.05, 0) is 204 Å². The maximum atomic E-state index is 13.1. The van der Waals surface area contributed by atoms with Crippen LogP contribution in [0, 0.1) is 60.8 Å². The van der Waals surface area contributed by atoms with E-state index in [-0.39, 0.29) is 77.5 Å². The molecule has 1 aliphatic carbocycles. The summed E-state index contributed by atoms with van der Waals surface area (Å²) >= 11 is 34.8. The highest BCUT2D eigenvalue weighted by molar-refractivity contribution is 7.84. The second kappa shape index (κ2) is 44.5. The van der Waals surface area contributed by atoms with Crippen LogP contribution in [0.15, 0.2) is 252 Å². The topological polar surface area (TPSA) is 460 Å². The summed E-state index contributed by atoms with van der Waals surface area (Å²) in [5.74, 6) is -12.8. The molecule has 0 radical (unpaired) electrons. The third-order valence-electron chi connectivity index (χ3n) is 17.2. The fraction of sp³-hybridized carbons (Fsp3) is 0.0235. The van der Waals surface area contributed by atoms with Crippen molar-refractivity contribution < 1.29 is 123 Å². The van der Waals surface area contributed by atoms with Gasteiger partial charge >= 0.3 is 47.8 Å². The van der Waals surface area contributed by atoms with Gasteiger partial charge in [0.2, 0.25) is 5.89 Å². The van der Waals surface area contributed by atoms with Crippen LogP contribution in [0.25, 0.3) is 73.2 Å². The largest absolute Gasteiger partial charge is 0.478 e. The van der Waals surface area contributed by atoms with Crippen LogP contribution in [0.1, 0.15) is 107 Å². The van der Waals surface area contributed by atoms with E-state index >= 15 is 0 Å². The van der Waals surface area contributed by atoms with Crippen LogP contribution in [0.5, 0.6) is 0 Å². The number of rotatable bonds is 16. The summed E-state index contributed by atoms with van der Waals surface area (Å²) in [7, 11) is 0. The maximum absolute atomic E-state index is 13.1. The Labute approximate surface area is 756 Å². The van der Waals surface area contributed by atoms with E-state index in [9.17, 15) is 73.5 Å². The smallest absolute Gasteiger partial charge is 0.336 e. The number of hydrogen-bond donors (Lipinski definition) is 20. The molecule has 0 unspecified atom stereocenters. The monoisotopic (exact) mass is 1900 g/mol. The minimum absolute atomic E-state index is 0.0200. The molecule has 656 valence electrons. The molecular weight excluding hydrogens is 1840 g/mol. The highest BCUT2D eigenvalue weighted by Crippen LogP contribution is 2.35. The zero-order chi connectivity index (χ0) is 93.7. The number of aromatic amines is 7. The summed E-state index contributed by atoms with van der Waals surface area (Å²) in [6, 6.07) is 32.8. The van der Waals surface area contributed by atoms with Crippen molar-refractivity contribution in [2.75, 3.05) is 0 Å². The molecule has 0 saturated carbocycles. The number of carbonyl (C=O) groups is 8. The number of H-pyrrole nitrogens is 7. The van der Waals surface area contributed by atoms with E-state index < -0.39 is 94.3 Å². The minimum Gasteiger partial charge on any atom is -0.478 e. The maximum Gasteiger partial charge on any atom is 0.336 e. The average Bonchev–Trinajstić information content (AvgIpc) is 1.58. The van der Waals surface area contributed by atoms with Gasteiger partial charge in [0, 0.05) is 92.1 Å². The minimum atomic E-state index is -1.17. The van der Waals surface area contributed by atoms with Crippen LogP contribution in [0.4, 0.5) is 35.1 Å². The van der Waals surface area contributed by atoms with E-state index in [1.165, 1.54) is 97.7 Å². The first kappa shape index (κ1) is 97.5. The number of aromatic carboxylic acids is 8. The number of aromatic nitrogens is 8. The molecule has 15 N–H and O–H groups in total. The summed E-state index contributed by atoms with van der Waals surface area (Å²) in [6.45, 7) is 0. The third-order valence-corrected chi connectivity index (χ3v) is 19.1. The van der Waals surface area contributed by atoms with E-state index in [0.717, 1.165) is 94.2 Å². The number of oxazole rings is 2. The standard InChI is InChI=1S/C12H9FO2S.3C11H8FNO2S.2C10H7FN2O2S.2C10H6FNO3S/c13-8-2-4-10(12(14)15)11(6-8)7-1-3-9(16)5-7;12-7-1-2-8(11(14)15)9(4-7)6-3-10(16)13-5-6;2*12-6-1-2-8(11(14)15)9(3-6)10-4-7(16)5-13-10;11-5-1-2-6(9(14)15)7(3-5)8-4-12-10(16)13-8;11-5-1-2-6(10(14)15)7(3-5)8-4-9(16)13-12-8;11-5-1-2-6(10(13)14)7(3-5)9-12-8(16)4-15-9;11-5-1-2-6(9(13)14)7(3-5)8-4-15-10(16)12-8/h1-4,6,16H,5H2,(H,14,15);1-5,13,16H,(H,14,15);1-3,5,16H,4H2,(H,14,15);1-5,13,16H,(H,14,15);2*1-4H,(H,14,15)(H2,12,13,16);1-4,16H,(H,13,14);1-4H,(H,12,16)(H,13,14). The quantitative estimate of drug-likeness (QED) is 0.0243. The number of imidazole rings is 1. The highest BCUT2D eigenvalue weighted by atomic mass is 32.1. The number of halogens is 8. The van der Waals surface area contributed by atoms with Crippen LogP contribution < -0.4 is 0 Å². The van der Waals surface area contributed by atoms with Crippen molar-refractivity contribution in [1.82, 2.24) is 40.1 Å². The molecule has 0 atom stereocenters. The van der Waals surface area contributed by atoms with Crippen molar-refractivity contribution in [3.63, 3.8) is 0 Å². The molecule has 0 saturated heterocycles. The SMILES string of the molecule is O=C(O)c1ccc(F)cc1-c1c[nH]c(=S)[nH]1.O=C(O)c1ccc(F)cc1-c1c[nH]c(S)c1.O=C(O)c1ccc(F)cc1-c1cc(=S)[nH][nH]1.O=C(O)c1ccc(F)cc1-c1cc(S)c[nH]1.O=C(O)c1ccc(F)cc1-c1coc(=S)[nH]1.O=C(O)c1ccc(F)cc1-c1nc(S)co1.O=C(O)c1ccc(F)cc1C1=CC=C(S)C1.O=C(O)c1ccc(F)cc1C1=NC=C(S)C1. The molecule has 7 heterocycles. The first-order valence-electron chi connectivity index (χ1n) is 35.5. The van der Waals surface area contributed by atoms with Gasteiger partial charge in [-0.3, -0.25) is 15.2 Å². The molecule has 1 aliphatic heterocycles. The van der Waals surface area contributed by atoms with Gasteiger partial charge in [-0.15, -0.1) is 63.1 Å². The fourth-order valence-corrected chi connectivity index (χ4v) is 13.0. The number of nitrogens with one attached hydrogen (secondary N) is 7. The van der Waals surface area contributed by atoms with E-state index in [4.69, 9.17) is 86.3 Å². The van der Waals surface area contributed by atoms with Gasteiger partial charge in [0.15, 0.2) is 4.77 Å². The van der Waals surface area contributed by atoms with Crippen LogP contribution in [-0.2, 0) is 0 Å². The van der Waals surface area contributed by atoms with Gasteiger partial charge in [0.1, 0.15) is 68.7 Å². The first-order chi connectivity index (χ1) is 60.6. The molecule has 14 aromatic rings. The van der Waals surface area contributed by atoms with Gasteiger partial charge in [0.25, 0.3) is 4.84 Å². The molecule has 0 fully saturated rings. The van der Waals surface area contributed by atoms with Gasteiger partial charge in [-0.1, -0.05) is 24.4 Å². The molecule has 0 spiro atoms. The van der Waals surface area contributed by atoms with Crippen LogP contribution >= 0.6 is 99.8 Å². The number of benzene rings is 8. The lowest BCUT2D eigenvalue weighted by Crippen LogP contribution is -2.08. The van der Waals surface area contributed by atoms with Gasteiger partial charge < -0.3 is 74.6 Å². The lowest BCUT2D eigenvalue weighted by atomic mass is 9.99. The molecule has 27 nitrogen and oxygen atoms in total. The van der Waals surface area contributed by atoms with Crippen molar-refractivity contribution in [3.05, 3.63) is 339 Å². The van der Waals surface area contributed by atoms with E-state index in [2.05, 4.69) is 108 Å². The summed E-state index contributed by atoms with van der Waals surface area (Å²) in [5.41, 5.74) is 6.10. The van der Waals surface area contributed by atoms with Crippen molar-refractivity contribution in [2.45, 2.75) is 27.8 Å². The number of nitrogens with zero attached hydrogens (tertiary/aromatic N) is 2. The van der Waals surface area contributed by atoms with Crippen molar-refractivity contribution >= 4 is 159 Å². The Morgan fingerprint density at radius 3 is 1.11 bits per heavy atom. The lowest BCUT2D eigenvalue weighted by Gasteiger charge is -2.07. The van der Waals surface area contributed by atoms with E-state index in [0.29, 0.717) is 93.5 Å². The number of carboxylic acid groups (broad SMARTS) is 8. The summed E-state index contributed by atoms with van der Waals surface area (Å²) in [6.07, 6.45) is 13.3. The summed E-state index contributed by atoms with van der Waals surface area (Å²) in [4.78, 5) is 111. The Morgan fingerprint density at radius 1 is 0.359 bits per heavy atom. The van der Waals surface area contributed by atoms with Gasteiger partial charge in [-0.25, -0.2) is 78.5 Å². The Kier molecular flexibility index (Phi) is 33.9. The number of allylic oxidation sites excluding steroid dienone is 5. The predicted molar refractivity (Wildman–Crippen MR) is 474 cm³/mol. The average molecular weight is 1900 g/mol. The Balaban J connectivity index is 0.000000165. The van der Waals surface area contributed by atoms with Crippen LogP contribution in [-0.4, -0.2) is 134 Å². The molecule has 2 aliphatic rings. The second-order valence-corrected chi connectivity index (χ2v) is 29.6. The van der Waals surface area contributed by atoms with Gasteiger partial charge in [0.05, 0.1) is 77.9 Å². The number of aliphatic imine (C=N–C) groups is 1. The fourth-order valence-electron chi connectivity index (χ4n) is 11.5. The molecule has 128 heavy (non-hydrogen) atoms.